The number of halogens is 1. The Labute approximate surface area is 173 Å². The summed E-state index contributed by atoms with van der Waals surface area (Å²) >= 11 is 3.25. The molecule has 1 aliphatic heterocycles. The monoisotopic (exact) mass is 456 g/mol. The Kier molecular flexibility index (Phi) is 4.62. The lowest BCUT2D eigenvalue weighted by Crippen LogP contribution is -2.28. The number of aromatic nitrogens is 5. The van der Waals surface area contributed by atoms with E-state index in [9.17, 15) is 4.79 Å². The van der Waals surface area contributed by atoms with Crippen molar-refractivity contribution in [1.82, 2.24) is 30.0 Å². The Morgan fingerprint density at radius 3 is 2.83 bits per heavy atom. The van der Waals surface area contributed by atoms with Crippen molar-refractivity contribution < 1.29 is 13.7 Å². The summed E-state index contributed by atoms with van der Waals surface area (Å²) in [5, 5.41) is 12.4. The number of carbonyl (C=O) groups excluding carboxylic acids is 1. The van der Waals surface area contributed by atoms with E-state index in [1.54, 1.807) is 16.8 Å². The van der Waals surface area contributed by atoms with Gasteiger partial charge < -0.3 is 13.8 Å². The van der Waals surface area contributed by atoms with Gasteiger partial charge >= 0.3 is 0 Å². The van der Waals surface area contributed by atoms with E-state index in [4.69, 9.17) is 8.94 Å². The number of likely N-dealkylation sites (tertiary alicyclic amines) is 1. The van der Waals surface area contributed by atoms with Gasteiger partial charge in [-0.15, -0.1) is 5.10 Å². The number of rotatable bonds is 5. The Balaban J connectivity index is 1.34. The van der Waals surface area contributed by atoms with Crippen molar-refractivity contribution in [1.29, 1.82) is 0 Å². The zero-order valence-corrected chi connectivity index (χ0v) is 17.0. The minimum absolute atomic E-state index is 0.173. The average molecular weight is 457 g/mol. The van der Waals surface area contributed by atoms with Crippen LogP contribution in [0.2, 0.25) is 0 Å². The highest BCUT2D eigenvalue weighted by molar-refractivity contribution is 9.10. The molecule has 5 rings (SSSR count). The topological polar surface area (TPSA) is 103 Å². The maximum absolute atomic E-state index is 12.3. The van der Waals surface area contributed by atoms with Crippen LogP contribution in [-0.2, 0) is 11.3 Å². The first kappa shape index (κ1) is 18.0. The third-order valence-corrected chi connectivity index (χ3v) is 5.40. The largest absolute Gasteiger partial charge is 0.444 e. The predicted molar refractivity (Wildman–Crippen MR) is 107 cm³/mol. The Morgan fingerprint density at radius 2 is 2.03 bits per heavy atom. The van der Waals surface area contributed by atoms with Crippen LogP contribution in [0.4, 0.5) is 0 Å². The first-order chi connectivity index (χ1) is 14.2. The zero-order valence-electron chi connectivity index (χ0n) is 15.4. The summed E-state index contributed by atoms with van der Waals surface area (Å²) in [6.07, 6.45) is 2.61. The van der Waals surface area contributed by atoms with E-state index in [1.807, 2.05) is 23.1 Å². The van der Waals surface area contributed by atoms with Gasteiger partial charge in [-0.2, -0.15) is 4.98 Å². The van der Waals surface area contributed by atoms with Gasteiger partial charge in [0.05, 0.1) is 12.1 Å². The predicted octanol–water partition coefficient (Wildman–Crippen LogP) is 3.52. The lowest BCUT2D eigenvalue weighted by molar-refractivity contribution is -0.130. The molecule has 4 heterocycles. The number of nitrogens with zero attached hydrogens (tertiary/aromatic N) is 6. The van der Waals surface area contributed by atoms with E-state index in [2.05, 4.69) is 36.4 Å². The Morgan fingerprint density at radius 1 is 1.17 bits per heavy atom. The second-order valence-corrected chi connectivity index (χ2v) is 7.66. The van der Waals surface area contributed by atoms with Crippen LogP contribution in [-0.4, -0.2) is 49.0 Å². The second kappa shape index (κ2) is 7.43. The van der Waals surface area contributed by atoms with E-state index in [0.29, 0.717) is 40.6 Å². The van der Waals surface area contributed by atoms with E-state index in [0.717, 1.165) is 37.0 Å². The van der Waals surface area contributed by atoms with Gasteiger partial charge in [0, 0.05) is 25.1 Å². The molecule has 0 bridgehead atoms. The number of aryl methyl sites for hydroxylation is 1. The van der Waals surface area contributed by atoms with Gasteiger partial charge in [0.15, 0.2) is 10.4 Å². The summed E-state index contributed by atoms with van der Waals surface area (Å²) in [4.78, 5) is 18.6. The molecule has 0 radical (unpaired) electrons. The highest BCUT2D eigenvalue weighted by atomic mass is 79.9. The number of hydrogen-bond acceptors (Lipinski definition) is 7. The van der Waals surface area contributed by atoms with Gasteiger partial charge in [0.1, 0.15) is 5.52 Å². The van der Waals surface area contributed by atoms with Crippen molar-refractivity contribution in [3.8, 4) is 23.0 Å². The van der Waals surface area contributed by atoms with E-state index < -0.39 is 0 Å². The van der Waals surface area contributed by atoms with E-state index in [-0.39, 0.29) is 5.91 Å². The van der Waals surface area contributed by atoms with Gasteiger partial charge in [-0.25, -0.2) is 4.68 Å². The highest BCUT2D eigenvalue weighted by Gasteiger charge is 2.19. The summed E-state index contributed by atoms with van der Waals surface area (Å²) in [6, 6.07) is 9.16. The molecule has 1 amide bonds. The SMILES string of the molecule is O=C(CCn1nnc2cc(-c3noc(-c4ccc(Br)o4)n3)ccc21)N1CCCC1. The van der Waals surface area contributed by atoms with Gasteiger partial charge in [-0.1, -0.05) is 10.4 Å². The molecule has 9 nitrogen and oxygen atoms in total. The minimum Gasteiger partial charge on any atom is -0.444 e. The van der Waals surface area contributed by atoms with E-state index >= 15 is 0 Å². The zero-order chi connectivity index (χ0) is 19.8. The van der Waals surface area contributed by atoms with E-state index in [1.165, 1.54) is 0 Å². The van der Waals surface area contributed by atoms with Gasteiger partial charge in [-0.3, -0.25) is 4.79 Å². The summed E-state index contributed by atoms with van der Waals surface area (Å²) in [7, 11) is 0. The van der Waals surface area contributed by atoms with Crippen molar-refractivity contribution in [2.75, 3.05) is 13.1 Å². The fourth-order valence-electron chi connectivity index (χ4n) is 3.47. The molecule has 4 aromatic rings. The molecule has 29 heavy (non-hydrogen) atoms. The number of carbonyl (C=O) groups is 1. The van der Waals surface area contributed by atoms with Crippen LogP contribution < -0.4 is 0 Å². The number of hydrogen-bond donors (Lipinski definition) is 0. The molecule has 0 N–H and O–H groups in total. The smallest absolute Gasteiger partial charge is 0.293 e. The quantitative estimate of drug-likeness (QED) is 0.452. The fourth-order valence-corrected chi connectivity index (χ4v) is 3.78. The van der Waals surface area contributed by atoms with Crippen molar-refractivity contribution in [3.63, 3.8) is 0 Å². The van der Waals surface area contributed by atoms with Crippen molar-refractivity contribution in [2.45, 2.75) is 25.8 Å². The number of fused-ring (bicyclic) bond motifs is 1. The molecule has 3 aromatic heterocycles. The van der Waals surface area contributed by atoms with Gasteiger partial charge in [0.2, 0.25) is 11.7 Å². The first-order valence-electron chi connectivity index (χ1n) is 9.38. The molecule has 0 atom stereocenters. The summed E-state index contributed by atoms with van der Waals surface area (Å²) in [5.74, 6) is 1.40. The summed E-state index contributed by atoms with van der Waals surface area (Å²) in [5.41, 5.74) is 2.34. The molecule has 0 aliphatic carbocycles. The molecule has 1 aromatic carbocycles. The van der Waals surface area contributed by atoms with Gasteiger partial charge in [-0.05, 0) is 59.1 Å². The molecule has 0 saturated carbocycles. The van der Waals surface area contributed by atoms with Crippen LogP contribution in [0.5, 0.6) is 0 Å². The first-order valence-corrected chi connectivity index (χ1v) is 10.2. The lowest BCUT2D eigenvalue weighted by atomic mass is 10.2. The molecule has 1 saturated heterocycles. The average Bonchev–Trinajstić information content (AvgIpc) is 3.52. The lowest BCUT2D eigenvalue weighted by Gasteiger charge is -2.14. The third kappa shape index (κ3) is 3.55. The van der Waals surface area contributed by atoms with Crippen molar-refractivity contribution in [3.05, 3.63) is 35.0 Å². The molecule has 1 fully saturated rings. The van der Waals surface area contributed by atoms with Crippen molar-refractivity contribution in [2.24, 2.45) is 0 Å². The summed E-state index contributed by atoms with van der Waals surface area (Å²) in [6.45, 7) is 2.23. The van der Waals surface area contributed by atoms with Crippen LogP contribution in [0.3, 0.4) is 0 Å². The number of amides is 1. The number of benzene rings is 1. The van der Waals surface area contributed by atoms with Crippen LogP contribution >= 0.6 is 15.9 Å². The molecule has 10 heteroatoms. The molecule has 0 spiro atoms. The molecular weight excluding hydrogens is 440 g/mol. The normalized spacial score (nSPS) is 14.2. The van der Waals surface area contributed by atoms with Crippen LogP contribution in [0, 0.1) is 0 Å². The Hall–Kier alpha value is -3.01. The fraction of sp³-hybridized carbons (Fsp3) is 0.316. The molecule has 148 valence electrons. The standard InChI is InChI=1S/C19H17BrN6O3/c20-16-6-5-15(28-16)19-21-18(23-29-19)12-3-4-14-13(11-12)22-24-26(14)10-7-17(27)25-8-1-2-9-25/h3-6,11H,1-2,7-10H2. The molecule has 1 aliphatic rings. The molecular formula is C19H17BrN6O3. The van der Waals surface area contributed by atoms with Crippen LogP contribution in [0.15, 0.2) is 43.9 Å². The third-order valence-electron chi connectivity index (χ3n) is 4.98. The van der Waals surface area contributed by atoms with Crippen LogP contribution in [0.25, 0.3) is 34.1 Å². The highest BCUT2D eigenvalue weighted by Crippen LogP contribution is 2.27. The maximum atomic E-state index is 12.3. The van der Waals surface area contributed by atoms with Crippen molar-refractivity contribution >= 4 is 32.9 Å². The number of furan rings is 1. The second-order valence-electron chi connectivity index (χ2n) is 6.88. The summed E-state index contributed by atoms with van der Waals surface area (Å²) < 4.78 is 13.1. The van der Waals surface area contributed by atoms with Gasteiger partial charge in [0.25, 0.3) is 5.89 Å². The molecule has 0 unspecified atom stereocenters. The Bertz CT molecular complexity index is 1170. The van der Waals surface area contributed by atoms with Crippen LogP contribution in [0.1, 0.15) is 19.3 Å². The minimum atomic E-state index is 0.173. The maximum Gasteiger partial charge on any atom is 0.293 e.